The second-order valence-corrected chi connectivity index (χ2v) is 10.8. The van der Waals surface area contributed by atoms with Crippen LogP contribution >= 0.6 is 11.6 Å². The number of rotatable bonds is 6. The van der Waals surface area contributed by atoms with Gasteiger partial charge in [-0.25, -0.2) is 14.2 Å². The highest BCUT2D eigenvalue weighted by Crippen LogP contribution is 2.35. The summed E-state index contributed by atoms with van der Waals surface area (Å²) in [5.41, 5.74) is 1.55. The number of nitriles is 1. The van der Waals surface area contributed by atoms with Gasteiger partial charge in [-0.3, -0.25) is 4.79 Å². The van der Waals surface area contributed by atoms with Gasteiger partial charge in [0, 0.05) is 55.8 Å². The average molecular weight is 576 g/mol. The molecule has 0 radical (unpaired) electrons. The van der Waals surface area contributed by atoms with Crippen molar-refractivity contribution in [2.75, 3.05) is 37.6 Å². The first-order valence-electron chi connectivity index (χ1n) is 13.8. The van der Waals surface area contributed by atoms with E-state index in [9.17, 15) is 19.2 Å². The molecule has 0 N–H and O–H groups in total. The second-order valence-electron chi connectivity index (χ2n) is 10.4. The smallest absolute Gasteiger partial charge is 0.410 e. The molecule has 1 aromatic heterocycles. The summed E-state index contributed by atoms with van der Waals surface area (Å²) in [4.78, 5) is 37.1. The molecule has 212 valence electrons. The number of piperidine rings is 1. The molecule has 3 aromatic rings. The monoisotopic (exact) mass is 575 g/mol. The van der Waals surface area contributed by atoms with Crippen molar-refractivity contribution in [3.05, 3.63) is 88.8 Å². The molecule has 0 unspecified atom stereocenters. The van der Waals surface area contributed by atoms with Crippen LogP contribution in [0.2, 0.25) is 5.02 Å². The Kier molecular flexibility index (Phi) is 8.70. The Balaban J connectivity index is 1.31. The maximum Gasteiger partial charge on any atom is 0.415 e. The SMILES string of the molecule is CCN(C(=O)Oc1ccc(F)cc1)[C@H]1CN(C(=O)C2CCN(c3cc(C#N)ccn3)CC2)C[C@@H]1c1ccc(Cl)cc1. The number of aromatic nitrogens is 1. The van der Waals surface area contributed by atoms with E-state index in [2.05, 4.69) is 16.0 Å². The minimum atomic E-state index is -0.544. The number of hydrogen-bond acceptors (Lipinski definition) is 6. The minimum Gasteiger partial charge on any atom is -0.410 e. The predicted molar refractivity (Wildman–Crippen MR) is 153 cm³/mol. The summed E-state index contributed by atoms with van der Waals surface area (Å²) in [6.07, 6.45) is 2.44. The second kappa shape index (κ2) is 12.6. The fourth-order valence-electron chi connectivity index (χ4n) is 5.76. The van der Waals surface area contributed by atoms with E-state index in [1.807, 2.05) is 36.1 Å². The predicted octanol–water partition coefficient (Wildman–Crippen LogP) is 5.48. The van der Waals surface area contributed by atoms with Crippen LogP contribution in [0.5, 0.6) is 5.75 Å². The van der Waals surface area contributed by atoms with Crippen LogP contribution in [0.3, 0.4) is 0 Å². The molecule has 2 fully saturated rings. The van der Waals surface area contributed by atoms with Crippen LogP contribution in [-0.4, -0.2) is 65.5 Å². The molecular formula is C31H31ClFN5O3. The zero-order valence-corrected chi connectivity index (χ0v) is 23.5. The number of carbonyl (C=O) groups excluding carboxylic acids is 2. The molecule has 0 saturated carbocycles. The van der Waals surface area contributed by atoms with Crippen LogP contribution in [0, 0.1) is 23.1 Å². The van der Waals surface area contributed by atoms with Gasteiger partial charge in [-0.05, 0) is 73.9 Å². The Labute approximate surface area is 243 Å². The van der Waals surface area contributed by atoms with Crippen LogP contribution in [0.15, 0.2) is 66.9 Å². The number of carbonyl (C=O) groups is 2. The van der Waals surface area contributed by atoms with Gasteiger partial charge >= 0.3 is 6.09 Å². The molecule has 2 saturated heterocycles. The van der Waals surface area contributed by atoms with Crippen LogP contribution in [0.25, 0.3) is 0 Å². The Morgan fingerprint density at radius 1 is 1.10 bits per heavy atom. The topological polar surface area (TPSA) is 89.8 Å². The maximum absolute atomic E-state index is 13.8. The number of nitrogens with zero attached hydrogens (tertiary/aromatic N) is 5. The maximum atomic E-state index is 13.8. The average Bonchev–Trinajstić information content (AvgIpc) is 3.43. The number of ether oxygens (including phenoxy) is 1. The lowest BCUT2D eigenvalue weighted by molar-refractivity contribution is -0.135. The van der Waals surface area contributed by atoms with E-state index in [-0.39, 0.29) is 29.5 Å². The first kappa shape index (κ1) is 28.4. The van der Waals surface area contributed by atoms with Crippen molar-refractivity contribution in [3.8, 4) is 11.8 Å². The van der Waals surface area contributed by atoms with E-state index in [1.165, 1.54) is 24.3 Å². The summed E-state index contributed by atoms with van der Waals surface area (Å²) in [5.74, 6) is 0.393. The molecule has 0 bridgehead atoms. The first-order chi connectivity index (χ1) is 19.9. The van der Waals surface area contributed by atoms with Crippen molar-refractivity contribution in [2.24, 2.45) is 5.92 Å². The van der Waals surface area contributed by atoms with Crippen molar-refractivity contribution < 1.29 is 18.7 Å². The fourth-order valence-corrected chi connectivity index (χ4v) is 5.88. The number of halogens is 2. The molecule has 2 amide bonds. The Morgan fingerprint density at radius 3 is 2.46 bits per heavy atom. The lowest BCUT2D eigenvalue weighted by Crippen LogP contribution is -2.47. The number of likely N-dealkylation sites (tertiary alicyclic amines) is 1. The summed E-state index contributed by atoms with van der Waals surface area (Å²) in [6.45, 7) is 4.44. The largest absolute Gasteiger partial charge is 0.415 e. The highest BCUT2D eigenvalue weighted by Gasteiger charge is 2.43. The Hall–Kier alpha value is -4.16. The Morgan fingerprint density at radius 2 is 1.80 bits per heavy atom. The third-order valence-corrected chi connectivity index (χ3v) is 8.19. The molecule has 2 aliphatic rings. The van der Waals surface area contributed by atoms with E-state index in [1.54, 1.807) is 23.2 Å². The van der Waals surface area contributed by atoms with Gasteiger partial charge in [-0.2, -0.15) is 5.26 Å². The van der Waals surface area contributed by atoms with Crippen molar-refractivity contribution in [3.63, 3.8) is 0 Å². The van der Waals surface area contributed by atoms with E-state index in [0.29, 0.717) is 56.2 Å². The molecule has 41 heavy (non-hydrogen) atoms. The van der Waals surface area contributed by atoms with Gasteiger partial charge in [0.15, 0.2) is 0 Å². The highest BCUT2D eigenvalue weighted by molar-refractivity contribution is 6.30. The third kappa shape index (κ3) is 6.44. The van der Waals surface area contributed by atoms with Crippen LogP contribution in [0.4, 0.5) is 15.0 Å². The fraction of sp³-hybridized carbons (Fsp3) is 0.355. The molecule has 2 atom stereocenters. The van der Waals surface area contributed by atoms with Gasteiger partial charge in [0.1, 0.15) is 17.4 Å². The molecule has 2 aromatic carbocycles. The van der Waals surface area contributed by atoms with E-state index >= 15 is 0 Å². The summed E-state index contributed by atoms with van der Waals surface area (Å²) >= 11 is 6.15. The third-order valence-electron chi connectivity index (χ3n) is 7.94. The van der Waals surface area contributed by atoms with Gasteiger partial charge in [-0.15, -0.1) is 0 Å². The molecular weight excluding hydrogens is 545 g/mol. The number of likely N-dealkylation sites (N-methyl/N-ethyl adjacent to an activating group) is 1. The highest BCUT2D eigenvalue weighted by atomic mass is 35.5. The van der Waals surface area contributed by atoms with Crippen molar-refractivity contribution in [2.45, 2.75) is 31.7 Å². The molecule has 3 heterocycles. The van der Waals surface area contributed by atoms with Gasteiger partial charge < -0.3 is 19.4 Å². The van der Waals surface area contributed by atoms with Gasteiger partial charge in [-0.1, -0.05) is 23.7 Å². The number of pyridine rings is 1. The quantitative estimate of drug-likeness (QED) is 0.387. The summed E-state index contributed by atoms with van der Waals surface area (Å²) in [6, 6.07) is 18.1. The summed E-state index contributed by atoms with van der Waals surface area (Å²) in [7, 11) is 0. The number of anilines is 1. The van der Waals surface area contributed by atoms with Gasteiger partial charge in [0.05, 0.1) is 17.7 Å². The number of benzene rings is 2. The summed E-state index contributed by atoms with van der Waals surface area (Å²) < 4.78 is 18.9. The van der Waals surface area contributed by atoms with Crippen molar-refractivity contribution in [1.82, 2.24) is 14.8 Å². The van der Waals surface area contributed by atoms with Crippen LogP contribution in [-0.2, 0) is 4.79 Å². The van der Waals surface area contributed by atoms with E-state index in [0.717, 1.165) is 11.4 Å². The lowest BCUT2D eigenvalue weighted by Gasteiger charge is -2.34. The first-order valence-corrected chi connectivity index (χ1v) is 14.1. The summed E-state index contributed by atoms with van der Waals surface area (Å²) in [5, 5.41) is 9.82. The zero-order chi connectivity index (χ0) is 28.9. The normalized spacial score (nSPS) is 19.1. The Bertz CT molecular complexity index is 1420. The van der Waals surface area contributed by atoms with Crippen molar-refractivity contribution >= 4 is 29.4 Å². The molecule has 0 aliphatic carbocycles. The van der Waals surface area contributed by atoms with Crippen LogP contribution < -0.4 is 9.64 Å². The van der Waals surface area contributed by atoms with Crippen molar-refractivity contribution in [1.29, 1.82) is 5.26 Å². The molecule has 8 nitrogen and oxygen atoms in total. The van der Waals surface area contributed by atoms with Gasteiger partial charge in [0.25, 0.3) is 0 Å². The molecule has 10 heteroatoms. The van der Waals surface area contributed by atoms with E-state index in [4.69, 9.17) is 16.3 Å². The van der Waals surface area contributed by atoms with Crippen LogP contribution in [0.1, 0.15) is 36.8 Å². The molecule has 2 aliphatic heterocycles. The number of amides is 2. The van der Waals surface area contributed by atoms with Gasteiger partial charge in [0.2, 0.25) is 5.91 Å². The zero-order valence-electron chi connectivity index (χ0n) is 22.7. The van der Waals surface area contributed by atoms with E-state index < -0.39 is 11.9 Å². The lowest BCUT2D eigenvalue weighted by atomic mass is 9.93. The number of hydrogen-bond donors (Lipinski definition) is 0. The molecule has 5 rings (SSSR count). The standard InChI is InChI=1S/C31H31ClFN5O3/c1-2-38(31(40)41-26-9-7-25(33)8-10-26)28-20-37(19-27(28)22-3-5-24(32)6-4-22)30(39)23-12-15-36(16-13-23)29-17-21(18-34)11-14-35-29/h3-11,14,17,23,27-28H,2,12-13,15-16,19-20H2,1H3/t27-,28+/m1/s1. The molecule has 0 spiro atoms. The minimum absolute atomic E-state index is 0.0767.